The highest BCUT2D eigenvalue weighted by atomic mass is 79.9. The maximum atomic E-state index is 12.9. The second-order valence-electron chi connectivity index (χ2n) is 6.73. The zero-order valence-corrected chi connectivity index (χ0v) is 16.8. The summed E-state index contributed by atoms with van der Waals surface area (Å²) in [6, 6.07) is -0.283. The second kappa shape index (κ2) is 7.29. The summed E-state index contributed by atoms with van der Waals surface area (Å²) in [7, 11) is 1.93. The summed E-state index contributed by atoms with van der Waals surface area (Å²) in [5.41, 5.74) is 3.12. The van der Waals surface area contributed by atoms with Gasteiger partial charge in [0.05, 0.1) is 22.1 Å². The molecule has 8 heteroatoms. The lowest BCUT2D eigenvalue weighted by Gasteiger charge is -2.35. The fraction of sp³-hybridized carbons (Fsp3) is 0.588. The highest BCUT2D eigenvalue weighted by molar-refractivity contribution is 9.10. The Labute approximate surface area is 156 Å². The van der Waals surface area contributed by atoms with Crippen LogP contribution in [0, 0.1) is 13.8 Å². The molecule has 0 radical (unpaired) electrons. The van der Waals surface area contributed by atoms with Crippen molar-refractivity contribution in [3.63, 3.8) is 0 Å². The number of hydrogen-bond acceptors (Lipinski definition) is 4. The normalized spacial score (nSPS) is 17.1. The maximum Gasteiger partial charge on any atom is 0.247 e. The molecule has 0 spiro atoms. The number of piperazine rings is 1. The van der Waals surface area contributed by atoms with Gasteiger partial charge in [-0.05, 0) is 36.7 Å². The lowest BCUT2D eigenvalue weighted by Crippen LogP contribution is -2.50. The van der Waals surface area contributed by atoms with Crippen LogP contribution in [0.25, 0.3) is 0 Å². The molecule has 1 aliphatic heterocycles. The van der Waals surface area contributed by atoms with Crippen LogP contribution in [0.2, 0.25) is 0 Å². The van der Waals surface area contributed by atoms with E-state index in [1.807, 2.05) is 54.5 Å². The highest BCUT2D eigenvalue weighted by Gasteiger charge is 2.28. The zero-order chi connectivity index (χ0) is 18.1. The molecule has 1 unspecified atom stereocenters. The molecular weight excluding hydrogens is 384 g/mol. The molecule has 7 nitrogen and oxygen atoms in total. The van der Waals surface area contributed by atoms with Gasteiger partial charge in [0, 0.05) is 51.5 Å². The van der Waals surface area contributed by atoms with Crippen LogP contribution in [0.1, 0.15) is 29.9 Å². The summed E-state index contributed by atoms with van der Waals surface area (Å²) in [5.74, 6) is 0.138. The average Bonchev–Trinajstić information content (AvgIpc) is 3.12. The Morgan fingerprint density at radius 2 is 1.96 bits per heavy atom. The number of carbonyl (C=O) groups is 1. The summed E-state index contributed by atoms with van der Waals surface area (Å²) in [6.45, 7) is 10.0. The first-order chi connectivity index (χ1) is 11.9. The van der Waals surface area contributed by atoms with Gasteiger partial charge in [0.1, 0.15) is 6.04 Å². The quantitative estimate of drug-likeness (QED) is 0.774. The van der Waals surface area contributed by atoms with Crippen molar-refractivity contribution in [2.75, 3.05) is 26.2 Å². The van der Waals surface area contributed by atoms with Crippen LogP contribution in [-0.4, -0.2) is 61.4 Å². The van der Waals surface area contributed by atoms with Crippen LogP contribution in [0.15, 0.2) is 16.9 Å². The summed E-state index contributed by atoms with van der Waals surface area (Å²) in [5, 5.41) is 8.71. The van der Waals surface area contributed by atoms with Gasteiger partial charge in [0.2, 0.25) is 5.91 Å². The molecule has 136 valence electrons. The third-order valence-corrected chi connectivity index (χ3v) is 5.96. The standard InChI is InChI=1S/C17H25BrN6O/c1-12-16(18)13(2)24(20-12)14(3)17(25)23-7-5-22(6-8-23)11-15-9-19-21(4)10-15/h9-10,14H,5-8,11H2,1-4H3. The lowest BCUT2D eigenvalue weighted by molar-refractivity contribution is -0.136. The van der Waals surface area contributed by atoms with Crippen molar-refractivity contribution in [1.29, 1.82) is 0 Å². The van der Waals surface area contributed by atoms with Gasteiger partial charge in [0.15, 0.2) is 0 Å². The van der Waals surface area contributed by atoms with E-state index in [1.165, 1.54) is 5.56 Å². The Morgan fingerprint density at radius 1 is 1.28 bits per heavy atom. The molecule has 2 aromatic rings. The third-order valence-electron chi connectivity index (χ3n) is 4.81. The van der Waals surface area contributed by atoms with Crippen molar-refractivity contribution in [3.05, 3.63) is 33.8 Å². The Hall–Kier alpha value is -1.67. The monoisotopic (exact) mass is 408 g/mol. The van der Waals surface area contributed by atoms with Gasteiger partial charge < -0.3 is 4.90 Å². The van der Waals surface area contributed by atoms with Crippen molar-refractivity contribution in [1.82, 2.24) is 29.4 Å². The summed E-state index contributed by atoms with van der Waals surface area (Å²) < 4.78 is 4.63. The molecule has 2 aromatic heterocycles. The predicted molar refractivity (Wildman–Crippen MR) is 99.2 cm³/mol. The van der Waals surface area contributed by atoms with Gasteiger partial charge in [0.25, 0.3) is 0 Å². The summed E-state index contributed by atoms with van der Waals surface area (Å²) >= 11 is 3.53. The van der Waals surface area contributed by atoms with Gasteiger partial charge in [-0.1, -0.05) is 0 Å². The smallest absolute Gasteiger partial charge is 0.247 e. The first-order valence-corrected chi connectivity index (χ1v) is 9.36. The molecule has 0 saturated carbocycles. The van der Waals surface area contributed by atoms with Crippen molar-refractivity contribution in [2.45, 2.75) is 33.4 Å². The largest absolute Gasteiger partial charge is 0.338 e. The van der Waals surface area contributed by atoms with E-state index in [4.69, 9.17) is 0 Å². The van der Waals surface area contributed by atoms with Gasteiger partial charge >= 0.3 is 0 Å². The molecule has 1 aliphatic rings. The fourth-order valence-corrected chi connectivity index (χ4v) is 3.59. The minimum atomic E-state index is -0.283. The molecule has 0 aromatic carbocycles. The van der Waals surface area contributed by atoms with Crippen LogP contribution in [0.3, 0.4) is 0 Å². The number of nitrogens with zero attached hydrogens (tertiary/aromatic N) is 6. The average molecular weight is 409 g/mol. The number of halogens is 1. The fourth-order valence-electron chi connectivity index (χ4n) is 3.33. The molecule has 1 fully saturated rings. The summed E-state index contributed by atoms with van der Waals surface area (Å²) in [4.78, 5) is 17.2. The zero-order valence-electron chi connectivity index (χ0n) is 15.2. The van der Waals surface area contributed by atoms with E-state index >= 15 is 0 Å². The number of hydrogen-bond donors (Lipinski definition) is 0. The van der Waals surface area contributed by atoms with E-state index in [0.717, 1.165) is 48.6 Å². The molecule has 0 aliphatic carbocycles. The molecule has 1 amide bonds. The number of amides is 1. The van der Waals surface area contributed by atoms with E-state index in [2.05, 4.69) is 31.0 Å². The van der Waals surface area contributed by atoms with E-state index in [9.17, 15) is 4.79 Å². The first kappa shape index (κ1) is 18.1. The SMILES string of the molecule is Cc1nn(C(C)C(=O)N2CCN(Cc3cnn(C)c3)CC2)c(C)c1Br. The van der Waals surface area contributed by atoms with Gasteiger partial charge in [-0.15, -0.1) is 0 Å². The number of aromatic nitrogens is 4. The van der Waals surface area contributed by atoms with E-state index in [1.54, 1.807) is 0 Å². The molecular formula is C17H25BrN6O. The van der Waals surface area contributed by atoms with Crippen molar-refractivity contribution < 1.29 is 4.79 Å². The van der Waals surface area contributed by atoms with Crippen LogP contribution in [0.5, 0.6) is 0 Å². The van der Waals surface area contributed by atoms with Gasteiger partial charge in [-0.25, -0.2) is 0 Å². The van der Waals surface area contributed by atoms with E-state index < -0.39 is 0 Å². The topological polar surface area (TPSA) is 59.2 Å². The third kappa shape index (κ3) is 3.79. The maximum absolute atomic E-state index is 12.9. The van der Waals surface area contributed by atoms with Gasteiger partial charge in [-0.2, -0.15) is 10.2 Å². The molecule has 1 atom stereocenters. The highest BCUT2D eigenvalue weighted by Crippen LogP contribution is 2.24. The molecule has 3 heterocycles. The molecule has 3 rings (SSSR count). The van der Waals surface area contributed by atoms with Crippen LogP contribution < -0.4 is 0 Å². The number of carbonyl (C=O) groups excluding carboxylic acids is 1. The number of aryl methyl sites for hydroxylation is 2. The van der Waals surface area contributed by atoms with Crippen molar-refractivity contribution in [2.24, 2.45) is 7.05 Å². The Morgan fingerprint density at radius 3 is 2.48 bits per heavy atom. The van der Waals surface area contributed by atoms with E-state index in [0.29, 0.717) is 0 Å². The first-order valence-electron chi connectivity index (χ1n) is 8.56. The molecule has 0 N–H and O–H groups in total. The molecule has 0 bridgehead atoms. The van der Waals surface area contributed by atoms with Crippen molar-refractivity contribution >= 4 is 21.8 Å². The van der Waals surface area contributed by atoms with Crippen LogP contribution >= 0.6 is 15.9 Å². The van der Waals surface area contributed by atoms with Crippen molar-refractivity contribution in [3.8, 4) is 0 Å². The molecule has 1 saturated heterocycles. The Bertz CT molecular complexity index is 759. The molecule has 25 heavy (non-hydrogen) atoms. The summed E-state index contributed by atoms with van der Waals surface area (Å²) in [6.07, 6.45) is 3.95. The van der Waals surface area contributed by atoms with Gasteiger partial charge in [-0.3, -0.25) is 19.1 Å². The second-order valence-corrected chi connectivity index (χ2v) is 7.52. The van der Waals surface area contributed by atoms with Crippen LogP contribution in [0.4, 0.5) is 0 Å². The van der Waals surface area contributed by atoms with E-state index in [-0.39, 0.29) is 11.9 Å². The predicted octanol–water partition coefficient (Wildman–Crippen LogP) is 1.90. The lowest BCUT2D eigenvalue weighted by atomic mass is 10.2. The Balaban J connectivity index is 1.58. The number of rotatable bonds is 4. The Kier molecular flexibility index (Phi) is 5.29. The minimum Gasteiger partial charge on any atom is -0.338 e. The van der Waals surface area contributed by atoms with Crippen LogP contribution in [-0.2, 0) is 18.4 Å². The minimum absolute atomic E-state index is 0.138.